The number of anilines is 2. The van der Waals surface area contributed by atoms with E-state index in [1.807, 2.05) is 12.3 Å². The highest BCUT2D eigenvalue weighted by Gasteiger charge is 2.52. The lowest BCUT2D eigenvalue weighted by Crippen LogP contribution is -2.68. The number of amides is 1. The summed E-state index contributed by atoms with van der Waals surface area (Å²) in [5.74, 6) is 1.32. The van der Waals surface area contributed by atoms with Crippen LogP contribution in [0.3, 0.4) is 0 Å². The molecule has 9 nitrogen and oxygen atoms in total. The van der Waals surface area contributed by atoms with E-state index in [1.54, 1.807) is 30.5 Å². The van der Waals surface area contributed by atoms with Crippen LogP contribution >= 0.6 is 11.3 Å². The number of morpholine rings is 1. The zero-order chi connectivity index (χ0) is 19.3. The number of thiazole rings is 1. The second-order valence-electron chi connectivity index (χ2n) is 6.85. The van der Waals surface area contributed by atoms with Gasteiger partial charge in [0.25, 0.3) is 5.91 Å². The van der Waals surface area contributed by atoms with Crippen molar-refractivity contribution < 1.29 is 9.53 Å². The fraction of sp³-hybridized carbons (Fsp3) is 0.389. The van der Waals surface area contributed by atoms with Gasteiger partial charge in [-0.2, -0.15) is 5.10 Å². The average molecular weight is 397 g/mol. The molecule has 5 rings (SSSR count). The Balaban J connectivity index is 1.65. The van der Waals surface area contributed by atoms with E-state index in [0.29, 0.717) is 37.7 Å². The Bertz CT molecular complexity index is 1030. The lowest BCUT2D eigenvalue weighted by Gasteiger charge is -2.51. The van der Waals surface area contributed by atoms with Crippen molar-refractivity contribution in [2.45, 2.75) is 18.9 Å². The van der Waals surface area contributed by atoms with Gasteiger partial charge in [-0.25, -0.2) is 15.0 Å². The second kappa shape index (κ2) is 6.35. The van der Waals surface area contributed by atoms with Crippen molar-refractivity contribution in [3.63, 3.8) is 0 Å². The van der Waals surface area contributed by atoms with Crippen molar-refractivity contribution in [3.05, 3.63) is 24.0 Å². The lowest BCUT2D eigenvalue weighted by molar-refractivity contribution is -0.128. The van der Waals surface area contributed by atoms with E-state index >= 15 is 0 Å². The Morgan fingerprint density at radius 2 is 2.25 bits per heavy atom. The molecule has 3 aromatic rings. The van der Waals surface area contributed by atoms with E-state index in [2.05, 4.69) is 25.1 Å². The van der Waals surface area contributed by atoms with Crippen LogP contribution in [0.1, 0.15) is 13.3 Å². The van der Waals surface area contributed by atoms with Gasteiger partial charge in [-0.1, -0.05) is 6.92 Å². The molecular weight excluding hydrogens is 378 g/mol. The van der Waals surface area contributed by atoms with Crippen molar-refractivity contribution in [2.75, 3.05) is 36.6 Å². The van der Waals surface area contributed by atoms with Crippen LogP contribution in [0.2, 0.25) is 0 Å². The molecule has 3 aromatic heterocycles. The number of aromatic nitrogens is 5. The SMILES string of the molecule is CC[C@]12COCCN1c1nc(-c3cn[nH]c3-c3nccs3)ncc1N(C)C2=O. The number of nitrogens with zero attached hydrogens (tertiary/aromatic N) is 6. The minimum atomic E-state index is -0.722. The molecule has 5 heterocycles. The lowest BCUT2D eigenvalue weighted by atomic mass is 9.89. The van der Waals surface area contributed by atoms with E-state index < -0.39 is 5.54 Å². The van der Waals surface area contributed by atoms with Gasteiger partial charge >= 0.3 is 0 Å². The van der Waals surface area contributed by atoms with Gasteiger partial charge in [0.1, 0.15) is 21.9 Å². The first-order chi connectivity index (χ1) is 13.7. The normalized spacial score (nSPS) is 21.6. The van der Waals surface area contributed by atoms with E-state index in [1.165, 1.54) is 11.3 Å². The van der Waals surface area contributed by atoms with Crippen LogP contribution in [0.4, 0.5) is 11.5 Å². The summed E-state index contributed by atoms with van der Waals surface area (Å²) in [6, 6.07) is 0. The number of H-pyrrole nitrogens is 1. The Labute approximate surface area is 165 Å². The molecule has 10 heteroatoms. The van der Waals surface area contributed by atoms with Gasteiger partial charge in [-0.15, -0.1) is 11.3 Å². The molecule has 0 aromatic carbocycles. The number of aromatic amines is 1. The first-order valence-electron chi connectivity index (χ1n) is 9.10. The zero-order valence-electron chi connectivity index (χ0n) is 15.5. The molecule has 0 aliphatic carbocycles. The van der Waals surface area contributed by atoms with E-state index in [0.717, 1.165) is 22.1 Å². The average Bonchev–Trinajstić information content (AvgIpc) is 3.43. The molecule has 1 saturated heterocycles. The molecule has 144 valence electrons. The quantitative estimate of drug-likeness (QED) is 0.721. The third kappa shape index (κ3) is 2.31. The van der Waals surface area contributed by atoms with Crippen LogP contribution < -0.4 is 9.80 Å². The number of ether oxygens (including phenoxy) is 1. The standard InChI is InChI=1S/C18H19N7O2S/c1-3-18-10-27-6-5-25(18)15-12(24(2)17(18)26)9-20-14(22-15)11-8-21-23-13(11)16-19-4-7-28-16/h4,7-9H,3,5-6,10H2,1-2H3,(H,21,23)/t18-/m1/s1. The van der Waals surface area contributed by atoms with E-state index in [9.17, 15) is 4.79 Å². The van der Waals surface area contributed by atoms with Crippen molar-refractivity contribution in [2.24, 2.45) is 0 Å². The molecule has 0 radical (unpaired) electrons. The van der Waals surface area contributed by atoms with Crippen LogP contribution in [0.5, 0.6) is 0 Å². The summed E-state index contributed by atoms with van der Waals surface area (Å²) in [7, 11) is 1.77. The molecule has 0 saturated carbocycles. The van der Waals surface area contributed by atoms with Gasteiger partial charge in [0.2, 0.25) is 0 Å². The molecular formula is C18H19N7O2S. The molecule has 1 fully saturated rings. The summed E-state index contributed by atoms with van der Waals surface area (Å²) in [4.78, 5) is 30.6. The zero-order valence-corrected chi connectivity index (χ0v) is 16.4. The smallest absolute Gasteiger partial charge is 0.255 e. The van der Waals surface area contributed by atoms with Crippen LogP contribution in [-0.2, 0) is 9.53 Å². The van der Waals surface area contributed by atoms with E-state index in [4.69, 9.17) is 9.72 Å². The molecule has 2 aliphatic rings. The highest BCUT2D eigenvalue weighted by atomic mass is 32.1. The number of carbonyl (C=O) groups excluding carboxylic acids is 1. The summed E-state index contributed by atoms with van der Waals surface area (Å²) in [6.45, 7) is 3.55. The number of likely N-dealkylation sites (N-methyl/N-ethyl adjacent to an activating group) is 1. The number of nitrogens with one attached hydrogen (secondary N) is 1. The van der Waals surface area contributed by atoms with Gasteiger partial charge in [-0.05, 0) is 6.42 Å². The minimum Gasteiger partial charge on any atom is -0.377 e. The molecule has 0 bridgehead atoms. The summed E-state index contributed by atoms with van der Waals surface area (Å²) >= 11 is 1.52. The van der Waals surface area contributed by atoms with Gasteiger partial charge in [0, 0.05) is 25.2 Å². The Hall–Kier alpha value is -2.85. The molecule has 1 amide bonds. The van der Waals surface area contributed by atoms with Crippen molar-refractivity contribution in [1.29, 1.82) is 0 Å². The van der Waals surface area contributed by atoms with Gasteiger partial charge in [0.15, 0.2) is 11.6 Å². The predicted molar refractivity (Wildman–Crippen MR) is 105 cm³/mol. The van der Waals surface area contributed by atoms with Crippen LogP contribution in [0.25, 0.3) is 22.1 Å². The molecule has 1 atom stereocenters. The largest absolute Gasteiger partial charge is 0.377 e. The summed E-state index contributed by atoms with van der Waals surface area (Å²) in [6.07, 6.45) is 5.82. The number of carbonyl (C=O) groups is 1. The number of fused-ring (bicyclic) bond motifs is 3. The minimum absolute atomic E-state index is 0.0188. The Morgan fingerprint density at radius 1 is 1.36 bits per heavy atom. The van der Waals surface area contributed by atoms with Gasteiger partial charge in [0.05, 0.1) is 31.2 Å². The Kier molecular flexibility index (Phi) is 3.91. The van der Waals surface area contributed by atoms with Gasteiger partial charge < -0.3 is 14.5 Å². The number of rotatable bonds is 3. The number of hydrogen-bond acceptors (Lipinski definition) is 8. The third-order valence-corrected chi connectivity index (χ3v) is 6.29. The molecule has 0 unspecified atom stereocenters. The first kappa shape index (κ1) is 17.3. The summed E-state index contributed by atoms with van der Waals surface area (Å²) < 4.78 is 5.68. The van der Waals surface area contributed by atoms with Crippen molar-refractivity contribution in [1.82, 2.24) is 25.1 Å². The highest BCUT2D eigenvalue weighted by molar-refractivity contribution is 7.13. The van der Waals surface area contributed by atoms with E-state index in [-0.39, 0.29) is 5.91 Å². The molecule has 1 N–H and O–H groups in total. The van der Waals surface area contributed by atoms with Crippen LogP contribution in [0.15, 0.2) is 24.0 Å². The third-order valence-electron chi connectivity index (χ3n) is 5.50. The van der Waals surface area contributed by atoms with Crippen LogP contribution in [-0.4, -0.2) is 63.4 Å². The molecule has 0 spiro atoms. The van der Waals surface area contributed by atoms with Crippen molar-refractivity contribution >= 4 is 28.7 Å². The highest BCUT2D eigenvalue weighted by Crippen LogP contribution is 2.42. The van der Waals surface area contributed by atoms with Gasteiger partial charge in [-0.3, -0.25) is 9.89 Å². The van der Waals surface area contributed by atoms with Crippen LogP contribution in [0, 0.1) is 0 Å². The monoisotopic (exact) mass is 397 g/mol. The summed E-state index contributed by atoms with van der Waals surface area (Å²) in [5, 5.41) is 9.91. The Morgan fingerprint density at radius 3 is 3.04 bits per heavy atom. The fourth-order valence-corrected chi connectivity index (χ4v) is 4.58. The van der Waals surface area contributed by atoms with Crippen molar-refractivity contribution in [3.8, 4) is 22.1 Å². The maximum absolute atomic E-state index is 13.1. The summed E-state index contributed by atoms with van der Waals surface area (Å²) in [5.41, 5.74) is 1.56. The second-order valence-corrected chi connectivity index (χ2v) is 7.75. The topological polar surface area (TPSA) is 100 Å². The number of hydrogen-bond donors (Lipinski definition) is 1. The maximum Gasteiger partial charge on any atom is 0.255 e. The predicted octanol–water partition coefficient (Wildman–Crippen LogP) is 1.95. The maximum atomic E-state index is 13.1. The molecule has 2 aliphatic heterocycles. The first-order valence-corrected chi connectivity index (χ1v) is 9.98. The molecule has 28 heavy (non-hydrogen) atoms. The fourth-order valence-electron chi connectivity index (χ4n) is 3.94.